The van der Waals surface area contributed by atoms with E-state index in [4.69, 9.17) is 0 Å². The third kappa shape index (κ3) is 2.89. The normalized spacial score (nSPS) is 16.9. The average molecular weight is 355 g/mol. The van der Waals surface area contributed by atoms with Crippen LogP contribution in [0.25, 0.3) is 10.6 Å². The molecule has 1 amide bonds. The maximum Gasteiger partial charge on any atom is 0.229 e. The molecule has 0 radical (unpaired) electrons. The number of hydrogen-bond acceptors (Lipinski definition) is 4. The predicted molar refractivity (Wildman–Crippen MR) is 99.4 cm³/mol. The van der Waals surface area contributed by atoms with Crippen LogP contribution in [0.3, 0.4) is 0 Å². The zero-order chi connectivity index (χ0) is 16.5. The van der Waals surface area contributed by atoms with E-state index in [2.05, 4.69) is 35.5 Å². The fraction of sp³-hybridized carbons (Fsp3) is 0.263. The number of amides is 1. The smallest absolute Gasteiger partial charge is 0.229 e. The van der Waals surface area contributed by atoms with E-state index in [1.54, 1.807) is 22.7 Å². The van der Waals surface area contributed by atoms with E-state index >= 15 is 0 Å². The summed E-state index contributed by atoms with van der Waals surface area (Å²) in [6.07, 6.45) is 1.35. The molecule has 3 heterocycles. The third-order valence-corrected chi connectivity index (χ3v) is 6.44. The molecule has 5 heteroatoms. The number of benzene rings is 1. The maximum atomic E-state index is 12.7. The van der Waals surface area contributed by atoms with Gasteiger partial charge in [-0.1, -0.05) is 30.3 Å². The number of nitrogens with zero attached hydrogens (tertiary/aromatic N) is 2. The van der Waals surface area contributed by atoms with Crippen LogP contribution in [0.4, 0.5) is 0 Å². The number of carbonyl (C=O) groups is 1. The summed E-state index contributed by atoms with van der Waals surface area (Å²) in [5.41, 5.74) is 3.28. The topological polar surface area (TPSA) is 33.2 Å². The van der Waals surface area contributed by atoms with Crippen molar-refractivity contribution >= 4 is 28.6 Å². The molecule has 0 unspecified atom stereocenters. The molecule has 1 aliphatic heterocycles. The number of aromatic nitrogens is 1. The Bertz CT molecular complexity index is 853. The minimum Gasteiger partial charge on any atom is -0.335 e. The number of thiophene rings is 1. The van der Waals surface area contributed by atoms with Gasteiger partial charge in [0.15, 0.2) is 0 Å². The van der Waals surface area contributed by atoms with Crippen molar-refractivity contribution in [2.75, 3.05) is 6.54 Å². The van der Waals surface area contributed by atoms with Crippen LogP contribution in [0.2, 0.25) is 0 Å². The molecule has 0 fully saturated rings. The first kappa shape index (κ1) is 15.5. The first-order valence-corrected chi connectivity index (χ1v) is 9.84. The van der Waals surface area contributed by atoms with Crippen LogP contribution in [-0.4, -0.2) is 22.3 Å². The van der Waals surface area contributed by atoms with Crippen LogP contribution in [0.1, 0.15) is 29.1 Å². The quantitative estimate of drug-likeness (QED) is 0.691. The van der Waals surface area contributed by atoms with E-state index in [0.29, 0.717) is 6.42 Å². The summed E-state index contributed by atoms with van der Waals surface area (Å²) < 4.78 is 0. The summed E-state index contributed by atoms with van der Waals surface area (Å²) in [4.78, 5) is 20.8. The van der Waals surface area contributed by atoms with Crippen LogP contribution in [0, 0.1) is 0 Å². The molecule has 24 heavy (non-hydrogen) atoms. The van der Waals surface area contributed by atoms with Crippen LogP contribution < -0.4 is 0 Å². The van der Waals surface area contributed by atoms with Gasteiger partial charge >= 0.3 is 0 Å². The Kier molecular flexibility index (Phi) is 4.21. The second-order valence-electron chi connectivity index (χ2n) is 6.00. The van der Waals surface area contributed by atoms with Crippen LogP contribution in [0.15, 0.2) is 47.2 Å². The molecule has 122 valence electrons. The molecular weight excluding hydrogens is 336 g/mol. The summed E-state index contributed by atoms with van der Waals surface area (Å²) in [6, 6.07) is 12.4. The molecule has 1 atom stereocenters. The van der Waals surface area contributed by atoms with Crippen molar-refractivity contribution in [3.63, 3.8) is 0 Å². The van der Waals surface area contributed by atoms with Crippen LogP contribution in [-0.2, 0) is 17.6 Å². The molecule has 1 aliphatic rings. The number of fused-ring (bicyclic) bond motifs is 1. The van der Waals surface area contributed by atoms with Gasteiger partial charge in [-0.25, -0.2) is 4.98 Å². The number of thiazole rings is 1. The Morgan fingerprint density at radius 3 is 2.92 bits per heavy atom. The highest BCUT2D eigenvalue weighted by atomic mass is 32.1. The number of rotatable bonds is 3. The lowest BCUT2D eigenvalue weighted by molar-refractivity contribution is -0.133. The standard InChI is InChI=1S/C19H18N2OS2/c1-13-16-8-10-23-17(16)7-9-21(13)18(22)11-15-12-24-19(20-15)14-5-3-2-4-6-14/h2-6,8,10,12-13H,7,9,11H2,1H3/t13-/m0/s1. The van der Waals surface area contributed by atoms with E-state index in [-0.39, 0.29) is 11.9 Å². The lowest BCUT2D eigenvalue weighted by Crippen LogP contribution is -2.39. The largest absolute Gasteiger partial charge is 0.335 e. The van der Waals surface area contributed by atoms with E-state index in [1.807, 2.05) is 28.5 Å². The Balaban J connectivity index is 1.48. The van der Waals surface area contributed by atoms with E-state index in [0.717, 1.165) is 29.2 Å². The summed E-state index contributed by atoms with van der Waals surface area (Å²) in [5, 5.41) is 5.11. The molecular formula is C19H18N2OS2. The molecule has 2 aromatic heterocycles. The summed E-state index contributed by atoms with van der Waals surface area (Å²) in [6.45, 7) is 2.93. The fourth-order valence-electron chi connectivity index (χ4n) is 3.21. The van der Waals surface area contributed by atoms with Gasteiger partial charge in [0.25, 0.3) is 0 Å². The highest BCUT2D eigenvalue weighted by molar-refractivity contribution is 7.13. The van der Waals surface area contributed by atoms with Crippen molar-refractivity contribution in [2.24, 2.45) is 0 Å². The summed E-state index contributed by atoms with van der Waals surface area (Å²) in [5.74, 6) is 0.171. The molecule has 0 spiro atoms. The highest BCUT2D eigenvalue weighted by Gasteiger charge is 2.28. The Hall–Kier alpha value is -1.98. The van der Waals surface area contributed by atoms with E-state index in [9.17, 15) is 4.79 Å². The van der Waals surface area contributed by atoms with Crippen molar-refractivity contribution in [1.82, 2.24) is 9.88 Å². The highest BCUT2D eigenvalue weighted by Crippen LogP contribution is 2.33. The zero-order valence-corrected chi connectivity index (χ0v) is 15.1. The fourth-order valence-corrected chi connectivity index (χ4v) is 5.00. The van der Waals surface area contributed by atoms with Crippen LogP contribution in [0.5, 0.6) is 0 Å². The first-order chi connectivity index (χ1) is 11.7. The minimum atomic E-state index is 0.166. The molecule has 0 aliphatic carbocycles. The third-order valence-electron chi connectivity index (χ3n) is 4.50. The van der Waals surface area contributed by atoms with Gasteiger partial charge in [0.1, 0.15) is 5.01 Å². The van der Waals surface area contributed by atoms with Crippen molar-refractivity contribution in [2.45, 2.75) is 25.8 Å². The molecule has 0 saturated carbocycles. The molecule has 1 aromatic carbocycles. The SMILES string of the molecule is C[C@H]1c2ccsc2CCN1C(=O)Cc1csc(-c2ccccc2)n1. The van der Waals surface area contributed by atoms with Gasteiger partial charge in [0, 0.05) is 22.4 Å². The van der Waals surface area contributed by atoms with E-state index in [1.165, 1.54) is 10.4 Å². The minimum absolute atomic E-state index is 0.166. The van der Waals surface area contributed by atoms with Gasteiger partial charge in [-0.2, -0.15) is 0 Å². The van der Waals surface area contributed by atoms with Crippen molar-refractivity contribution < 1.29 is 4.79 Å². The van der Waals surface area contributed by atoms with Gasteiger partial charge in [-0.05, 0) is 30.4 Å². The van der Waals surface area contributed by atoms with Crippen molar-refractivity contribution in [1.29, 1.82) is 0 Å². The second-order valence-corrected chi connectivity index (χ2v) is 7.86. The van der Waals surface area contributed by atoms with Gasteiger partial charge in [0.2, 0.25) is 5.91 Å². The lowest BCUT2D eigenvalue weighted by atomic mass is 10.0. The Morgan fingerprint density at radius 2 is 2.08 bits per heavy atom. The van der Waals surface area contributed by atoms with E-state index < -0.39 is 0 Å². The van der Waals surface area contributed by atoms with Crippen molar-refractivity contribution in [3.8, 4) is 10.6 Å². The molecule has 0 bridgehead atoms. The maximum absolute atomic E-state index is 12.7. The zero-order valence-electron chi connectivity index (χ0n) is 13.4. The monoisotopic (exact) mass is 354 g/mol. The molecule has 3 nitrogen and oxygen atoms in total. The first-order valence-electron chi connectivity index (χ1n) is 8.08. The molecule has 0 N–H and O–H groups in total. The van der Waals surface area contributed by atoms with Crippen LogP contribution >= 0.6 is 22.7 Å². The Labute approximate surface area is 149 Å². The number of hydrogen-bond donors (Lipinski definition) is 0. The Morgan fingerprint density at radius 1 is 1.25 bits per heavy atom. The molecule has 3 aromatic rings. The van der Waals surface area contributed by atoms with Crippen molar-refractivity contribution in [3.05, 3.63) is 63.3 Å². The van der Waals surface area contributed by atoms with Gasteiger partial charge in [-0.15, -0.1) is 22.7 Å². The van der Waals surface area contributed by atoms with Gasteiger partial charge in [0.05, 0.1) is 18.2 Å². The number of carbonyl (C=O) groups excluding carboxylic acids is 1. The predicted octanol–water partition coefficient (Wildman–Crippen LogP) is 4.56. The second kappa shape index (κ2) is 6.49. The average Bonchev–Trinajstić information content (AvgIpc) is 3.25. The lowest BCUT2D eigenvalue weighted by Gasteiger charge is -2.33. The van der Waals surface area contributed by atoms with Gasteiger partial charge in [-0.3, -0.25) is 4.79 Å². The van der Waals surface area contributed by atoms with Gasteiger partial charge < -0.3 is 4.90 Å². The summed E-state index contributed by atoms with van der Waals surface area (Å²) in [7, 11) is 0. The molecule has 0 saturated heterocycles. The summed E-state index contributed by atoms with van der Waals surface area (Å²) >= 11 is 3.40. The molecule has 4 rings (SSSR count).